The lowest BCUT2D eigenvalue weighted by Crippen LogP contribution is -2.44. The number of nitrogens with zero attached hydrogens (tertiary/aromatic N) is 1. The van der Waals surface area contributed by atoms with Crippen LogP contribution in [0.2, 0.25) is 0 Å². The Hall–Kier alpha value is -2.99. The molecule has 0 amide bonds. The summed E-state index contributed by atoms with van der Waals surface area (Å²) in [6.07, 6.45) is 2.64. The standard InChI is InChI=1S/C32H39NO4/c1-31(2,30(35)36)28-16-9-11-24(23-28)29(34)17-10-20-33-21-18-27(19-22-33)32(37,25-12-5-3-6-13-25)26-14-7-4-8-15-26/h3-9,11-16,23,27,29,34,37H,10,17-22H2,1-2H3,(H,35,36)/t29-/m1/s1. The second-order valence-corrected chi connectivity index (χ2v) is 10.8. The van der Waals surface area contributed by atoms with Gasteiger partial charge in [0.15, 0.2) is 0 Å². The number of hydrogen-bond acceptors (Lipinski definition) is 4. The van der Waals surface area contributed by atoms with E-state index < -0.39 is 23.1 Å². The summed E-state index contributed by atoms with van der Waals surface area (Å²) >= 11 is 0. The Bertz CT molecular complexity index is 1110. The van der Waals surface area contributed by atoms with Crippen molar-refractivity contribution in [2.45, 2.75) is 56.7 Å². The molecule has 0 aromatic heterocycles. The van der Waals surface area contributed by atoms with Crippen LogP contribution in [0.5, 0.6) is 0 Å². The highest BCUT2D eigenvalue weighted by Gasteiger charge is 2.41. The predicted octanol–water partition coefficient (Wildman–Crippen LogP) is 5.51. The number of carboxylic acid groups (broad SMARTS) is 1. The van der Waals surface area contributed by atoms with E-state index in [9.17, 15) is 20.1 Å². The number of aliphatic hydroxyl groups excluding tert-OH is 1. The van der Waals surface area contributed by atoms with Gasteiger partial charge in [-0.05, 0) is 87.3 Å². The second kappa shape index (κ2) is 11.6. The van der Waals surface area contributed by atoms with Crippen LogP contribution in [-0.4, -0.2) is 45.8 Å². The molecule has 0 bridgehead atoms. The van der Waals surface area contributed by atoms with Gasteiger partial charge >= 0.3 is 5.97 Å². The van der Waals surface area contributed by atoms with Crippen LogP contribution in [0.4, 0.5) is 0 Å². The van der Waals surface area contributed by atoms with Gasteiger partial charge in [0.1, 0.15) is 5.60 Å². The molecule has 1 aliphatic heterocycles. The van der Waals surface area contributed by atoms with Gasteiger partial charge in [-0.15, -0.1) is 0 Å². The van der Waals surface area contributed by atoms with Crippen LogP contribution in [0.25, 0.3) is 0 Å². The lowest BCUT2D eigenvalue weighted by Gasteiger charge is -2.42. The van der Waals surface area contributed by atoms with Gasteiger partial charge in [-0.1, -0.05) is 84.9 Å². The molecule has 3 aromatic carbocycles. The summed E-state index contributed by atoms with van der Waals surface area (Å²) in [5, 5.41) is 32.4. The van der Waals surface area contributed by atoms with Crippen LogP contribution in [0.1, 0.15) is 67.9 Å². The van der Waals surface area contributed by atoms with Crippen molar-refractivity contribution in [3.05, 3.63) is 107 Å². The first-order valence-corrected chi connectivity index (χ1v) is 13.3. The summed E-state index contributed by atoms with van der Waals surface area (Å²) in [7, 11) is 0. The van der Waals surface area contributed by atoms with Crippen LogP contribution in [0.15, 0.2) is 84.9 Å². The van der Waals surface area contributed by atoms with Crippen molar-refractivity contribution in [3.63, 3.8) is 0 Å². The van der Waals surface area contributed by atoms with Gasteiger partial charge in [0, 0.05) is 0 Å². The summed E-state index contributed by atoms with van der Waals surface area (Å²) in [6.45, 7) is 6.07. The first-order valence-electron chi connectivity index (χ1n) is 13.3. The number of piperidine rings is 1. The Kier molecular flexibility index (Phi) is 8.48. The van der Waals surface area contributed by atoms with Gasteiger partial charge in [-0.25, -0.2) is 0 Å². The maximum absolute atomic E-state index is 12.1. The van der Waals surface area contributed by atoms with Gasteiger partial charge < -0.3 is 20.2 Å². The van der Waals surface area contributed by atoms with Gasteiger partial charge in [-0.3, -0.25) is 4.79 Å². The van der Waals surface area contributed by atoms with Crippen molar-refractivity contribution in [3.8, 4) is 0 Å². The third-order valence-electron chi connectivity index (χ3n) is 8.09. The molecular weight excluding hydrogens is 462 g/mol. The van der Waals surface area contributed by atoms with E-state index in [2.05, 4.69) is 4.90 Å². The largest absolute Gasteiger partial charge is 0.481 e. The molecule has 3 N–H and O–H groups in total. The van der Waals surface area contributed by atoms with E-state index in [4.69, 9.17) is 0 Å². The Morgan fingerprint density at radius 2 is 1.43 bits per heavy atom. The van der Waals surface area contributed by atoms with Crippen molar-refractivity contribution >= 4 is 5.97 Å². The highest BCUT2D eigenvalue weighted by atomic mass is 16.4. The Morgan fingerprint density at radius 1 is 0.892 bits per heavy atom. The summed E-state index contributed by atoms with van der Waals surface area (Å²) in [5.41, 5.74) is 1.33. The van der Waals surface area contributed by atoms with E-state index in [1.807, 2.05) is 78.9 Å². The van der Waals surface area contributed by atoms with Crippen molar-refractivity contribution < 1.29 is 20.1 Å². The molecule has 0 radical (unpaired) electrons. The molecule has 1 fully saturated rings. The zero-order valence-corrected chi connectivity index (χ0v) is 21.9. The number of likely N-dealkylation sites (tertiary alicyclic amines) is 1. The van der Waals surface area contributed by atoms with E-state index in [0.717, 1.165) is 55.6 Å². The Morgan fingerprint density at radius 3 is 1.97 bits per heavy atom. The summed E-state index contributed by atoms with van der Waals surface area (Å²) < 4.78 is 0. The number of aliphatic hydroxyl groups is 2. The molecule has 0 aliphatic carbocycles. The maximum atomic E-state index is 12.1. The predicted molar refractivity (Wildman–Crippen MR) is 146 cm³/mol. The third kappa shape index (κ3) is 5.96. The van der Waals surface area contributed by atoms with E-state index in [0.29, 0.717) is 12.0 Å². The number of hydrogen-bond donors (Lipinski definition) is 3. The molecule has 3 aromatic rings. The van der Waals surface area contributed by atoms with Gasteiger partial charge in [0.25, 0.3) is 0 Å². The van der Waals surface area contributed by atoms with Crippen LogP contribution in [0, 0.1) is 5.92 Å². The number of rotatable bonds is 10. The molecule has 4 rings (SSSR count). The first kappa shape index (κ1) is 27.1. The van der Waals surface area contributed by atoms with Gasteiger partial charge in [0.05, 0.1) is 11.5 Å². The van der Waals surface area contributed by atoms with E-state index >= 15 is 0 Å². The Balaban J connectivity index is 1.34. The third-order valence-corrected chi connectivity index (χ3v) is 8.09. The van der Waals surface area contributed by atoms with E-state index in [1.165, 1.54) is 0 Å². The molecule has 5 heteroatoms. The fraction of sp³-hybridized carbons (Fsp3) is 0.406. The van der Waals surface area contributed by atoms with Crippen molar-refractivity contribution in [2.24, 2.45) is 5.92 Å². The lowest BCUT2D eigenvalue weighted by molar-refractivity contribution is -0.142. The molecule has 1 atom stereocenters. The highest BCUT2D eigenvalue weighted by molar-refractivity contribution is 5.80. The number of aliphatic carboxylic acids is 1. The molecule has 5 nitrogen and oxygen atoms in total. The van der Waals surface area contributed by atoms with E-state index in [1.54, 1.807) is 19.9 Å². The van der Waals surface area contributed by atoms with Crippen LogP contribution in [0.3, 0.4) is 0 Å². The smallest absolute Gasteiger partial charge is 0.313 e. The fourth-order valence-corrected chi connectivity index (χ4v) is 5.53. The maximum Gasteiger partial charge on any atom is 0.313 e. The van der Waals surface area contributed by atoms with E-state index in [-0.39, 0.29) is 5.92 Å². The topological polar surface area (TPSA) is 81.0 Å². The molecule has 1 heterocycles. The normalized spacial score (nSPS) is 16.4. The Labute approximate surface area is 220 Å². The molecule has 1 aliphatic rings. The van der Waals surface area contributed by atoms with Crippen molar-refractivity contribution in [1.82, 2.24) is 4.90 Å². The molecule has 196 valence electrons. The van der Waals surface area contributed by atoms with Crippen LogP contribution >= 0.6 is 0 Å². The van der Waals surface area contributed by atoms with Crippen LogP contribution in [-0.2, 0) is 15.8 Å². The highest BCUT2D eigenvalue weighted by Crippen LogP contribution is 2.42. The quantitative estimate of drug-likeness (QED) is 0.341. The van der Waals surface area contributed by atoms with Gasteiger partial charge in [0.2, 0.25) is 0 Å². The van der Waals surface area contributed by atoms with Crippen LogP contribution < -0.4 is 0 Å². The number of carboxylic acids is 1. The molecule has 37 heavy (non-hydrogen) atoms. The number of benzene rings is 3. The molecule has 1 saturated heterocycles. The zero-order valence-electron chi connectivity index (χ0n) is 21.9. The first-order chi connectivity index (χ1) is 17.7. The molecular formula is C32H39NO4. The summed E-state index contributed by atoms with van der Waals surface area (Å²) in [4.78, 5) is 14.0. The SMILES string of the molecule is CC(C)(C(=O)O)c1cccc([C@H](O)CCCN2CCC(C(O)(c3ccccc3)c3ccccc3)CC2)c1. The lowest BCUT2D eigenvalue weighted by atomic mass is 9.72. The minimum Gasteiger partial charge on any atom is -0.481 e. The zero-order chi connectivity index (χ0) is 26.5. The minimum absolute atomic E-state index is 0.125. The average molecular weight is 502 g/mol. The molecule has 0 spiro atoms. The molecule has 0 saturated carbocycles. The van der Waals surface area contributed by atoms with Crippen molar-refractivity contribution in [1.29, 1.82) is 0 Å². The summed E-state index contributed by atoms with van der Waals surface area (Å²) in [6, 6.07) is 27.3. The minimum atomic E-state index is -1.01. The van der Waals surface area contributed by atoms with Gasteiger partial charge in [-0.2, -0.15) is 0 Å². The molecule has 0 unspecified atom stereocenters. The van der Waals surface area contributed by atoms with Crippen molar-refractivity contribution in [2.75, 3.05) is 19.6 Å². The fourth-order valence-electron chi connectivity index (χ4n) is 5.53. The number of carbonyl (C=O) groups is 1. The second-order valence-electron chi connectivity index (χ2n) is 10.8. The average Bonchev–Trinajstić information content (AvgIpc) is 2.94. The summed E-state index contributed by atoms with van der Waals surface area (Å²) in [5.74, 6) is -0.756. The monoisotopic (exact) mass is 501 g/mol.